The number of carbonyl (C=O) groups excluding carboxylic acids is 1. The SMILES string of the molecule is CCC(C([O])=O)c1ccccc1C. The molecule has 0 N–H and O–H groups in total. The van der Waals surface area contributed by atoms with Crippen LogP contribution in [0, 0.1) is 6.92 Å². The van der Waals surface area contributed by atoms with Crippen molar-refractivity contribution in [2.45, 2.75) is 26.2 Å². The molecule has 0 saturated heterocycles. The van der Waals surface area contributed by atoms with Crippen molar-refractivity contribution in [3.8, 4) is 0 Å². The fourth-order valence-electron chi connectivity index (χ4n) is 1.49. The Morgan fingerprint density at radius 3 is 2.46 bits per heavy atom. The third-order valence-electron chi connectivity index (χ3n) is 2.26. The van der Waals surface area contributed by atoms with Crippen molar-refractivity contribution in [1.29, 1.82) is 0 Å². The Bertz CT molecular complexity index is 305. The van der Waals surface area contributed by atoms with E-state index in [9.17, 15) is 9.90 Å². The average Bonchev–Trinajstić information content (AvgIpc) is 2.09. The van der Waals surface area contributed by atoms with Gasteiger partial charge in [0.2, 0.25) is 0 Å². The lowest BCUT2D eigenvalue weighted by Crippen LogP contribution is -2.10. The summed E-state index contributed by atoms with van der Waals surface area (Å²) in [5, 5.41) is 10.8. The van der Waals surface area contributed by atoms with Gasteiger partial charge in [-0.3, -0.25) is 0 Å². The van der Waals surface area contributed by atoms with Crippen molar-refractivity contribution >= 4 is 5.97 Å². The molecular formula is C11H13O2. The molecule has 2 heteroatoms. The Balaban J connectivity index is 3.04. The highest BCUT2D eigenvalue weighted by molar-refractivity contribution is 5.76. The highest BCUT2D eigenvalue weighted by Crippen LogP contribution is 2.22. The normalized spacial score (nSPS) is 12.5. The van der Waals surface area contributed by atoms with Gasteiger partial charge in [0.15, 0.2) is 0 Å². The van der Waals surface area contributed by atoms with Crippen LogP contribution >= 0.6 is 0 Å². The van der Waals surface area contributed by atoms with E-state index in [4.69, 9.17) is 0 Å². The Morgan fingerprint density at radius 1 is 1.38 bits per heavy atom. The van der Waals surface area contributed by atoms with E-state index >= 15 is 0 Å². The van der Waals surface area contributed by atoms with Gasteiger partial charge in [0.25, 0.3) is 0 Å². The lowest BCUT2D eigenvalue weighted by atomic mass is 9.93. The molecule has 0 saturated carbocycles. The van der Waals surface area contributed by atoms with Gasteiger partial charge >= 0.3 is 5.97 Å². The molecule has 0 heterocycles. The second-order valence-corrected chi connectivity index (χ2v) is 3.14. The smallest absolute Gasteiger partial charge is 0.247 e. The summed E-state index contributed by atoms with van der Waals surface area (Å²) in [7, 11) is 0. The fraction of sp³-hybridized carbons (Fsp3) is 0.364. The van der Waals surface area contributed by atoms with Gasteiger partial charge < -0.3 is 0 Å². The predicted molar refractivity (Wildman–Crippen MR) is 49.9 cm³/mol. The third kappa shape index (κ3) is 2.08. The summed E-state index contributed by atoms with van der Waals surface area (Å²) < 4.78 is 0. The standard InChI is InChI=1S/C11H13O2/c1-3-9(11(12)13)10-7-5-4-6-8(10)2/h4-7,9H,3H2,1-2H3. The van der Waals surface area contributed by atoms with Crippen LogP contribution in [0.4, 0.5) is 0 Å². The van der Waals surface area contributed by atoms with Crippen LogP contribution in [0.1, 0.15) is 30.4 Å². The molecule has 0 fully saturated rings. The van der Waals surface area contributed by atoms with E-state index < -0.39 is 11.9 Å². The van der Waals surface area contributed by atoms with Gasteiger partial charge in [-0.25, -0.2) is 9.90 Å². The first-order valence-electron chi connectivity index (χ1n) is 4.43. The summed E-state index contributed by atoms with van der Waals surface area (Å²) in [6.07, 6.45) is 0.577. The van der Waals surface area contributed by atoms with Crippen molar-refractivity contribution in [1.82, 2.24) is 0 Å². The molecule has 0 amide bonds. The van der Waals surface area contributed by atoms with E-state index in [1.54, 1.807) is 0 Å². The molecule has 0 spiro atoms. The lowest BCUT2D eigenvalue weighted by Gasteiger charge is -2.10. The second-order valence-electron chi connectivity index (χ2n) is 3.14. The van der Waals surface area contributed by atoms with Crippen molar-refractivity contribution in [3.63, 3.8) is 0 Å². The van der Waals surface area contributed by atoms with Crippen LogP contribution in [0.15, 0.2) is 24.3 Å². The predicted octanol–water partition coefficient (Wildman–Crippen LogP) is 2.45. The van der Waals surface area contributed by atoms with E-state index in [0.717, 1.165) is 11.1 Å². The molecule has 1 radical (unpaired) electrons. The molecule has 0 aromatic heterocycles. The highest BCUT2D eigenvalue weighted by atomic mass is 16.4. The van der Waals surface area contributed by atoms with Crippen LogP contribution in [0.2, 0.25) is 0 Å². The van der Waals surface area contributed by atoms with Gasteiger partial charge in [-0.2, -0.15) is 0 Å². The zero-order valence-corrected chi connectivity index (χ0v) is 7.91. The summed E-state index contributed by atoms with van der Waals surface area (Å²) in [6, 6.07) is 7.52. The summed E-state index contributed by atoms with van der Waals surface area (Å²) in [5.74, 6) is -1.46. The minimum absolute atomic E-state index is 0.471. The third-order valence-corrected chi connectivity index (χ3v) is 2.26. The first kappa shape index (κ1) is 9.78. The molecular weight excluding hydrogens is 164 g/mol. The fourth-order valence-corrected chi connectivity index (χ4v) is 1.49. The first-order chi connectivity index (χ1) is 6.16. The van der Waals surface area contributed by atoms with E-state index in [0.29, 0.717) is 6.42 Å². The molecule has 0 aliphatic heterocycles. The van der Waals surface area contributed by atoms with Gasteiger partial charge in [0, 0.05) is 0 Å². The van der Waals surface area contributed by atoms with Gasteiger partial charge in [-0.1, -0.05) is 31.2 Å². The number of carbonyl (C=O) groups is 1. The Kier molecular flexibility index (Phi) is 3.07. The molecule has 0 aliphatic rings. The molecule has 0 bridgehead atoms. The summed E-state index contributed by atoms with van der Waals surface area (Å²) >= 11 is 0. The molecule has 1 atom stereocenters. The van der Waals surface area contributed by atoms with Gasteiger partial charge in [-0.15, -0.1) is 0 Å². The number of hydrogen-bond acceptors (Lipinski definition) is 1. The quantitative estimate of drug-likeness (QED) is 0.698. The maximum Gasteiger partial charge on any atom is 0.362 e. The molecule has 1 unspecified atom stereocenters. The van der Waals surface area contributed by atoms with Gasteiger partial charge in [-0.05, 0) is 24.5 Å². The van der Waals surface area contributed by atoms with Crippen molar-refractivity contribution in [2.24, 2.45) is 0 Å². The zero-order valence-electron chi connectivity index (χ0n) is 7.91. The van der Waals surface area contributed by atoms with E-state index in [-0.39, 0.29) is 0 Å². The van der Waals surface area contributed by atoms with Crippen LogP contribution in [0.3, 0.4) is 0 Å². The Morgan fingerprint density at radius 2 is 2.00 bits per heavy atom. The molecule has 69 valence electrons. The minimum atomic E-state index is -0.989. The lowest BCUT2D eigenvalue weighted by molar-refractivity contribution is -0.145. The largest absolute Gasteiger partial charge is 0.362 e. The summed E-state index contributed by atoms with van der Waals surface area (Å²) in [6.45, 7) is 3.77. The van der Waals surface area contributed by atoms with Crippen molar-refractivity contribution < 1.29 is 9.90 Å². The first-order valence-corrected chi connectivity index (χ1v) is 4.43. The number of rotatable bonds is 3. The van der Waals surface area contributed by atoms with Crippen LogP contribution in [-0.4, -0.2) is 5.97 Å². The topological polar surface area (TPSA) is 37.0 Å². The van der Waals surface area contributed by atoms with Crippen LogP contribution in [-0.2, 0) is 9.90 Å². The summed E-state index contributed by atoms with van der Waals surface area (Å²) in [5.41, 5.74) is 1.88. The Hall–Kier alpha value is -1.31. The number of benzene rings is 1. The van der Waals surface area contributed by atoms with Crippen LogP contribution in [0.5, 0.6) is 0 Å². The second kappa shape index (κ2) is 4.08. The van der Waals surface area contributed by atoms with Gasteiger partial charge in [0.1, 0.15) is 0 Å². The van der Waals surface area contributed by atoms with E-state index in [1.807, 2.05) is 38.1 Å². The molecule has 2 nitrogen and oxygen atoms in total. The maximum absolute atomic E-state index is 10.8. The number of hydrogen-bond donors (Lipinski definition) is 0. The average molecular weight is 177 g/mol. The van der Waals surface area contributed by atoms with Gasteiger partial charge in [0.05, 0.1) is 5.92 Å². The van der Waals surface area contributed by atoms with Crippen molar-refractivity contribution in [3.05, 3.63) is 35.4 Å². The van der Waals surface area contributed by atoms with Crippen LogP contribution in [0.25, 0.3) is 0 Å². The number of aryl methyl sites for hydroxylation is 1. The summed E-state index contributed by atoms with van der Waals surface area (Å²) in [4.78, 5) is 10.8. The molecule has 1 aromatic rings. The molecule has 1 aromatic carbocycles. The van der Waals surface area contributed by atoms with Crippen LogP contribution < -0.4 is 0 Å². The minimum Gasteiger partial charge on any atom is -0.247 e. The Labute approximate surface area is 78.2 Å². The van der Waals surface area contributed by atoms with E-state index in [1.165, 1.54) is 0 Å². The molecule has 13 heavy (non-hydrogen) atoms. The van der Waals surface area contributed by atoms with E-state index in [2.05, 4.69) is 0 Å². The molecule has 1 rings (SSSR count). The maximum atomic E-state index is 10.8. The monoisotopic (exact) mass is 177 g/mol. The zero-order chi connectivity index (χ0) is 9.84. The highest BCUT2D eigenvalue weighted by Gasteiger charge is 2.20. The van der Waals surface area contributed by atoms with Crippen molar-refractivity contribution in [2.75, 3.05) is 0 Å². The molecule has 0 aliphatic carbocycles.